The maximum atomic E-state index is 12.8. The molecule has 1 aromatic carbocycles. The van der Waals surface area contributed by atoms with Gasteiger partial charge in [0.1, 0.15) is 6.54 Å². The Morgan fingerprint density at radius 2 is 1.83 bits per heavy atom. The highest BCUT2D eigenvalue weighted by molar-refractivity contribution is 6.05. The van der Waals surface area contributed by atoms with Crippen molar-refractivity contribution in [2.45, 2.75) is 45.1 Å². The first kappa shape index (κ1) is 15.1. The van der Waals surface area contributed by atoms with Gasteiger partial charge in [-0.05, 0) is 12.8 Å². The third-order valence-corrected chi connectivity index (χ3v) is 5.21. The number of imide groups is 1. The number of carbonyl (C=O) groups is 2. The van der Waals surface area contributed by atoms with E-state index in [1.165, 1.54) is 4.90 Å². The second-order valence-electron chi connectivity index (χ2n) is 6.79. The summed E-state index contributed by atoms with van der Waals surface area (Å²) in [6.45, 7) is 0.131. The standard InChI is InChI=1S/C19H20N2O3/c22-17-11-19(9-5-2-6-10-19)18(23)21(17)13-16-20-12-15(24-16)14-7-3-1-4-8-14/h1,3-4,7-8,12H,2,5-6,9-11,13H2. The third kappa shape index (κ3) is 2.54. The van der Waals surface area contributed by atoms with Crippen LogP contribution in [0.2, 0.25) is 0 Å². The second-order valence-corrected chi connectivity index (χ2v) is 6.79. The first-order valence-electron chi connectivity index (χ1n) is 8.53. The summed E-state index contributed by atoms with van der Waals surface area (Å²) in [5.74, 6) is 0.925. The summed E-state index contributed by atoms with van der Waals surface area (Å²) in [7, 11) is 0. The van der Waals surface area contributed by atoms with Crippen molar-refractivity contribution in [2.75, 3.05) is 0 Å². The van der Waals surface area contributed by atoms with Gasteiger partial charge in [0.25, 0.3) is 0 Å². The van der Waals surface area contributed by atoms with Gasteiger partial charge < -0.3 is 4.42 Å². The average Bonchev–Trinajstić information content (AvgIpc) is 3.16. The van der Waals surface area contributed by atoms with Crippen molar-refractivity contribution in [3.8, 4) is 11.3 Å². The van der Waals surface area contributed by atoms with E-state index in [2.05, 4.69) is 4.98 Å². The highest BCUT2D eigenvalue weighted by atomic mass is 16.4. The summed E-state index contributed by atoms with van der Waals surface area (Å²) in [6.07, 6.45) is 6.87. The molecule has 1 aliphatic carbocycles. The highest BCUT2D eigenvalue weighted by Gasteiger charge is 2.51. The highest BCUT2D eigenvalue weighted by Crippen LogP contribution is 2.45. The molecule has 1 saturated carbocycles. The molecule has 2 fully saturated rings. The number of amides is 2. The fourth-order valence-electron chi connectivity index (χ4n) is 3.89. The molecule has 2 aromatic rings. The molecule has 24 heavy (non-hydrogen) atoms. The van der Waals surface area contributed by atoms with Gasteiger partial charge in [0.2, 0.25) is 17.7 Å². The van der Waals surface area contributed by atoms with Crippen LogP contribution in [0.5, 0.6) is 0 Å². The Bertz CT molecular complexity index is 760. The molecule has 0 unspecified atom stereocenters. The first-order chi connectivity index (χ1) is 11.7. The molecule has 1 saturated heterocycles. The molecule has 124 valence electrons. The maximum absolute atomic E-state index is 12.8. The number of oxazole rings is 1. The molecule has 2 aliphatic rings. The molecule has 2 amide bonds. The van der Waals surface area contributed by atoms with Crippen LogP contribution in [0.25, 0.3) is 11.3 Å². The molecule has 2 heterocycles. The van der Waals surface area contributed by atoms with Crippen molar-refractivity contribution in [2.24, 2.45) is 5.41 Å². The number of carbonyl (C=O) groups excluding carboxylic acids is 2. The van der Waals surface area contributed by atoms with Crippen LogP contribution in [-0.2, 0) is 16.1 Å². The molecule has 0 radical (unpaired) electrons. The van der Waals surface area contributed by atoms with Crippen LogP contribution in [-0.4, -0.2) is 21.7 Å². The van der Waals surface area contributed by atoms with Gasteiger partial charge in [-0.15, -0.1) is 0 Å². The number of benzene rings is 1. The van der Waals surface area contributed by atoms with E-state index >= 15 is 0 Å². The molecule has 1 spiro atoms. The summed E-state index contributed by atoms with van der Waals surface area (Å²) in [5.41, 5.74) is 0.476. The Kier molecular flexibility index (Phi) is 3.71. The van der Waals surface area contributed by atoms with Gasteiger partial charge in [0, 0.05) is 12.0 Å². The Balaban J connectivity index is 1.52. The third-order valence-electron chi connectivity index (χ3n) is 5.21. The van der Waals surface area contributed by atoms with E-state index in [1.54, 1.807) is 6.20 Å². The van der Waals surface area contributed by atoms with Gasteiger partial charge in [-0.2, -0.15) is 0 Å². The van der Waals surface area contributed by atoms with E-state index < -0.39 is 5.41 Å². The van der Waals surface area contributed by atoms with E-state index in [9.17, 15) is 9.59 Å². The number of nitrogens with zero attached hydrogens (tertiary/aromatic N) is 2. The largest absolute Gasteiger partial charge is 0.439 e. The second kappa shape index (κ2) is 5.89. The predicted molar refractivity (Wildman–Crippen MR) is 87.6 cm³/mol. The average molecular weight is 324 g/mol. The number of likely N-dealkylation sites (tertiary alicyclic amines) is 1. The van der Waals surface area contributed by atoms with Crippen molar-refractivity contribution >= 4 is 11.8 Å². The number of hydrogen-bond donors (Lipinski definition) is 0. The Labute approximate surface area is 140 Å². The minimum atomic E-state index is -0.454. The lowest BCUT2D eigenvalue weighted by atomic mass is 9.73. The molecule has 1 aliphatic heterocycles. The van der Waals surface area contributed by atoms with Crippen LogP contribution in [0.4, 0.5) is 0 Å². The van der Waals surface area contributed by atoms with Crippen molar-refractivity contribution in [1.82, 2.24) is 9.88 Å². The lowest BCUT2D eigenvalue weighted by molar-refractivity contribution is -0.143. The summed E-state index contributed by atoms with van der Waals surface area (Å²) >= 11 is 0. The molecule has 5 heteroatoms. The number of rotatable bonds is 3. The Morgan fingerprint density at radius 3 is 2.58 bits per heavy atom. The summed E-state index contributed by atoms with van der Waals surface area (Å²) in [4.78, 5) is 30.8. The summed E-state index contributed by atoms with van der Waals surface area (Å²) in [5, 5.41) is 0. The smallest absolute Gasteiger partial charge is 0.236 e. The van der Waals surface area contributed by atoms with E-state index in [0.717, 1.165) is 37.7 Å². The van der Waals surface area contributed by atoms with Crippen molar-refractivity contribution < 1.29 is 14.0 Å². The van der Waals surface area contributed by atoms with E-state index in [4.69, 9.17) is 4.42 Å². The molecular formula is C19H20N2O3. The normalized spacial score (nSPS) is 20.1. The van der Waals surface area contributed by atoms with Gasteiger partial charge in [-0.3, -0.25) is 14.5 Å². The van der Waals surface area contributed by atoms with E-state index in [1.807, 2.05) is 30.3 Å². The van der Waals surface area contributed by atoms with Crippen LogP contribution in [0.3, 0.4) is 0 Å². The maximum Gasteiger partial charge on any atom is 0.236 e. The monoisotopic (exact) mass is 324 g/mol. The van der Waals surface area contributed by atoms with Gasteiger partial charge in [-0.1, -0.05) is 49.6 Å². The van der Waals surface area contributed by atoms with E-state index in [-0.39, 0.29) is 18.4 Å². The zero-order chi connectivity index (χ0) is 16.6. The minimum absolute atomic E-state index is 0.0355. The molecule has 4 rings (SSSR count). The Hall–Kier alpha value is -2.43. The molecule has 1 aromatic heterocycles. The van der Waals surface area contributed by atoms with Crippen LogP contribution in [0.15, 0.2) is 40.9 Å². The lowest BCUT2D eigenvalue weighted by Crippen LogP contribution is -2.36. The fraction of sp³-hybridized carbons (Fsp3) is 0.421. The van der Waals surface area contributed by atoms with Crippen LogP contribution in [0.1, 0.15) is 44.4 Å². The molecule has 5 nitrogen and oxygen atoms in total. The number of aromatic nitrogens is 1. The Morgan fingerprint density at radius 1 is 1.08 bits per heavy atom. The van der Waals surface area contributed by atoms with Crippen molar-refractivity contribution in [1.29, 1.82) is 0 Å². The van der Waals surface area contributed by atoms with Gasteiger partial charge in [0.15, 0.2) is 5.76 Å². The van der Waals surface area contributed by atoms with Crippen molar-refractivity contribution in [3.63, 3.8) is 0 Å². The summed E-state index contributed by atoms with van der Waals surface area (Å²) in [6, 6.07) is 9.67. The zero-order valence-electron chi connectivity index (χ0n) is 13.5. The van der Waals surface area contributed by atoms with E-state index in [0.29, 0.717) is 18.1 Å². The van der Waals surface area contributed by atoms with Crippen LogP contribution < -0.4 is 0 Å². The van der Waals surface area contributed by atoms with Gasteiger partial charge in [-0.25, -0.2) is 4.98 Å². The minimum Gasteiger partial charge on any atom is -0.439 e. The lowest BCUT2D eigenvalue weighted by Gasteiger charge is -2.30. The molecule has 0 bridgehead atoms. The zero-order valence-corrected chi connectivity index (χ0v) is 13.5. The quantitative estimate of drug-likeness (QED) is 0.810. The van der Waals surface area contributed by atoms with Gasteiger partial charge in [0.05, 0.1) is 11.6 Å². The molecule has 0 atom stereocenters. The SMILES string of the molecule is O=C1CC2(CCCCC2)C(=O)N1Cc1ncc(-c2ccccc2)o1. The van der Waals surface area contributed by atoms with Crippen LogP contribution >= 0.6 is 0 Å². The number of hydrogen-bond acceptors (Lipinski definition) is 4. The van der Waals surface area contributed by atoms with Crippen LogP contribution in [0, 0.1) is 5.41 Å². The first-order valence-corrected chi connectivity index (χ1v) is 8.53. The predicted octanol–water partition coefficient (Wildman–Crippen LogP) is 3.55. The van der Waals surface area contributed by atoms with Crippen molar-refractivity contribution in [3.05, 3.63) is 42.4 Å². The summed E-state index contributed by atoms with van der Waals surface area (Å²) < 4.78 is 5.75. The molecule has 0 N–H and O–H groups in total. The topological polar surface area (TPSA) is 63.4 Å². The fourth-order valence-corrected chi connectivity index (χ4v) is 3.89. The molecular weight excluding hydrogens is 304 g/mol. The van der Waals surface area contributed by atoms with Gasteiger partial charge >= 0.3 is 0 Å².